The third kappa shape index (κ3) is 3.97. The molecule has 0 aliphatic heterocycles. The molecule has 1 aliphatic carbocycles. The van der Waals surface area contributed by atoms with E-state index in [4.69, 9.17) is 9.73 Å². The second kappa shape index (κ2) is 7.26. The Morgan fingerprint density at radius 1 is 0.909 bits per heavy atom. The highest BCUT2D eigenvalue weighted by Gasteiger charge is 2.15. The molecule has 22 heavy (non-hydrogen) atoms. The minimum atomic E-state index is 0.852. The fraction of sp³-hybridized carbons (Fsp3) is 0.350. The molecule has 0 unspecified atom stereocenters. The van der Waals surface area contributed by atoms with Crippen LogP contribution in [0, 0.1) is 5.92 Å². The molecular formula is C20H23NO. The first-order chi connectivity index (χ1) is 10.8. The van der Waals surface area contributed by atoms with Gasteiger partial charge in [0.05, 0.1) is 5.69 Å². The molecule has 1 fully saturated rings. The van der Waals surface area contributed by atoms with Gasteiger partial charge in [0.1, 0.15) is 11.5 Å². The first kappa shape index (κ1) is 14.8. The zero-order valence-corrected chi connectivity index (χ0v) is 13.2. The lowest BCUT2D eigenvalue weighted by Gasteiger charge is -2.21. The van der Waals surface area contributed by atoms with Crippen LogP contribution in [0.5, 0.6) is 11.5 Å². The standard InChI is InChI=1S/C20H23NO/c1-2-16-8-10-17(11-9-16)21-18-12-14-20(15-13-18)22-19-6-4-3-5-7-19/h3-7,12-16H,2,8-11H2,1H3. The summed E-state index contributed by atoms with van der Waals surface area (Å²) in [5.74, 6) is 2.62. The SMILES string of the molecule is CCC1CCC(=Nc2ccc(Oc3ccccc3)cc2)CC1. The predicted molar refractivity (Wildman–Crippen MR) is 92.3 cm³/mol. The monoisotopic (exact) mass is 293 g/mol. The van der Waals surface area contributed by atoms with Crippen molar-refractivity contribution in [3.63, 3.8) is 0 Å². The molecule has 0 spiro atoms. The van der Waals surface area contributed by atoms with Gasteiger partial charge >= 0.3 is 0 Å². The topological polar surface area (TPSA) is 21.6 Å². The number of hydrogen-bond donors (Lipinski definition) is 0. The number of nitrogens with zero attached hydrogens (tertiary/aromatic N) is 1. The quantitative estimate of drug-likeness (QED) is 0.662. The molecule has 0 atom stereocenters. The van der Waals surface area contributed by atoms with Crippen LogP contribution in [0.3, 0.4) is 0 Å². The summed E-state index contributed by atoms with van der Waals surface area (Å²) in [6.45, 7) is 2.29. The summed E-state index contributed by atoms with van der Waals surface area (Å²) in [5.41, 5.74) is 2.38. The molecule has 0 saturated heterocycles. The molecule has 1 aliphatic rings. The lowest BCUT2D eigenvalue weighted by atomic mass is 9.86. The number of hydrogen-bond acceptors (Lipinski definition) is 2. The molecule has 0 radical (unpaired) electrons. The van der Waals surface area contributed by atoms with Gasteiger partial charge in [-0.2, -0.15) is 0 Å². The second-order valence-electron chi connectivity index (χ2n) is 5.94. The molecule has 114 valence electrons. The second-order valence-corrected chi connectivity index (χ2v) is 5.94. The first-order valence-electron chi connectivity index (χ1n) is 8.23. The van der Waals surface area contributed by atoms with E-state index in [1.807, 2.05) is 54.6 Å². The van der Waals surface area contributed by atoms with Gasteiger partial charge < -0.3 is 4.74 Å². The average molecular weight is 293 g/mol. The van der Waals surface area contributed by atoms with Crippen LogP contribution < -0.4 is 4.74 Å². The maximum atomic E-state index is 5.80. The van der Waals surface area contributed by atoms with Crippen LogP contribution in [0.2, 0.25) is 0 Å². The van der Waals surface area contributed by atoms with Gasteiger partial charge in [-0.3, -0.25) is 4.99 Å². The van der Waals surface area contributed by atoms with Gasteiger partial charge in [-0.05, 0) is 68.0 Å². The van der Waals surface area contributed by atoms with Crippen LogP contribution in [0.25, 0.3) is 0 Å². The molecule has 0 aromatic heterocycles. The molecule has 1 saturated carbocycles. The van der Waals surface area contributed by atoms with Crippen molar-refractivity contribution in [2.24, 2.45) is 10.9 Å². The van der Waals surface area contributed by atoms with E-state index < -0.39 is 0 Å². The van der Waals surface area contributed by atoms with Crippen LogP contribution in [0.15, 0.2) is 59.6 Å². The summed E-state index contributed by atoms with van der Waals surface area (Å²) >= 11 is 0. The van der Waals surface area contributed by atoms with Gasteiger partial charge in [0.15, 0.2) is 0 Å². The van der Waals surface area contributed by atoms with E-state index in [0.717, 1.165) is 35.9 Å². The number of aliphatic imine (C=N–C) groups is 1. The zero-order chi connectivity index (χ0) is 15.2. The summed E-state index contributed by atoms with van der Waals surface area (Å²) in [7, 11) is 0. The maximum Gasteiger partial charge on any atom is 0.127 e. The number of benzene rings is 2. The smallest absolute Gasteiger partial charge is 0.127 e. The normalized spacial score (nSPS) is 18.0. The molecule has 0 bridgehead atoms. The van der Waals surface area contributed by atoms with Crippen molar-refractivity contribution in [1.82, 2.24) is 0 Å². The van der Waals surface area contributed by atoms with Crippen molar-refractivity contribution in [2.45, 2.75) is 39.0 Å². The van der Waals surface area contributed by atoms with Crippen molar-refractivity contribution in [3.05, 3.63) is 54.6 Å². The Morgan fingerprint density at radius 2 is 1.55 bits per heavy atom. The lowest BCUT2D eigenvalue weighted by Crippen LogP contribution is -2.13. The number of rotatable bonds is 4. The lowest BCUT2D eigenvalue weighted by molar-refractivity contribution is 0.429. The van der Waals surface area contributed by atoms with E-state index >= 15 is 0 Å². The number of ether oxygens (including phenoxy) is 1. The Bertz CT molecular complexity index is 606. The summed E-state index contributed by atoms with van der Waals surface area (Å²) in [5, 5.41) is 0. The summed E-state index contributed by atoms with van der Waals surface area (Å²) in [6.07, 6.45) is 6.20. The minimum Gasteiger partial charge on any atom is -0.457 e. The fourth-order valence-corrected chi connectivity index (χ4v) is 2.93. The predicted octanol–water partition coefficient (Wildman–Crippen LogP) is 6.15. The van der Waals surface area contributed by atoms with Crippen molar-refractivity contribution in [3.8, 4) is 11.5 Å². The largest absolute Gasteiger partial charge is 0.457 e. The molecule has 0 amide bonds. The van der Waals surface area contributed by atoms with Crippen molar-refractivity contribution in [2.75, 3.05) is 0 Å². The third-order valence-corrected chi connectivity index (χ3v) is 4.36. The van der Waals surface area contributed by atoms with E-state index in [2.05, 4.69) is 6.92 Å². The minimum absolute atomic E-state index is 0.852. The van der Waals surface area contributed by atoms with Gasteiger partial charge in [0, 0.05) is 5.71 Å². The Labute approximate surface area is 132 Å². The van der Waals surface area contributed by atoms with Crippen molar-refractivity contribution < 1.29 is 4.74 Å². The Hall–Kier alpha value is -2.09. The van der Waals surface area contributed by atoms with E-state index in [1.165, 1.54) is 25.0 Å². The Kier molecular flexibility index (Phi) is 4.89. The van der Waals surface area contributed by atoms with Gasteiger partial charge in [-0.15, -0.1) is 0 Å². The molecule has 2 aromatic carbocycles. The molecule has 0 heterocycles. The van der Waals surface area contributed by atoms with Crippen LogP contribution >= 0.6 is 0 Å². The van der Waals surface area contributed by atoms with Crippen LogP contribution in [0.4, 0.5) is 5.69 Å². The molecule has 2 heteroatoms. The highest BCUT2D eigenvalue weighted by molar-refractivity contribution is 5.87. The van der Waals surface area contributed by atoms with E-state index in [-0.39, 0.29) is 0 Å². The van der Waals surface area contributed by atoms with E-state index in [9.17, 15) is 0 Å². The highest BCUT2D eigenvalue weighted by atomic mass is 16.5. The maximum absolute atomic E-state index is 5.80. The summed E-state index contributed by atoms with van der Waals surface area (Å²) < 4.78 is 5.80. The summed E-state index contributed by atoms with van der Waals surface area (Å²) in [4.78, 5) is 4.80. The van der Waals surface area contributed by atoms with Gasteiger partial charge in [0.25, 0.3) is 0 Å². The molecule has 0 N–H and O–H groups in total. The Balaban J connectivity index is 1.62. The van der Waals surface area contributed by atoms with Gasteiger partial charge in [-0.1, -0.05) is 31.5 Å². The van der Waals surface area contributed by atoms with Crippen molar-refractivity contribution in [1.29, 1.82) is 0 Å². The molecule has 2 nitrogen and oxygen atoms in total. The first-order valence-corrected chi connectivity index (χ1v) is 8.23. The van der Waals surface area contributed by atoms with Crippen LogP contribution in [0.1, 0.15) is 39.0 Å². The van der Waals surface area contributed by atoms with Crippen LogP contribution in [-0.4, -0.2) is 5.71 Å². The molecule has 2 aromatic rings. The molecule has 3 rings (SSSR count). The summed E-state index contributed by atoms with van der Waals surface area (Å²) in [6, 6.07) is 17.9. The highest BCUT2D eigenvalue weighted by Crippen LogP contribution is 2.28. The van der Waals surface area contributed by atoms with Crippen LogP contribution in [-0.2, 0) is 0 Å². The molecular weight excluding hydrogens is 270 g/mol. The average Bonchev–Trinajstić information content (AvgIpc) is 2.58. The number of para-hydroxylation sites is 1. The fourth-order valence-electron chi connectivity index (χ4n) is 2.93. The van der Waals surface area contributed by atoms with Crippen molar-refractivity contribution >= 4 is 11.4 Å². The Morgan fingerprint density at radius 3 is 2.18 bits per heavy atom. The zero-order valence-electron chi connectivity index (χ0n) is 13.2. The van der Waals surface area contributed by atoms with Gasteiger partial charge in [-0.25, -0.2) is 0 Å². The third-order valence-electron chi connectivity index (χ3n) is 4.36. The van der Waals surface area contributed by atoms with Gasteiger partial charge in [0.2, 0.25) is 0 Å². The van der Waals surface area contributed by atoms with E-state index in [1.54, 1.807) is 0 Å². The van der Waals surface area contributed by atoms with E-state index in [0.29, 0.717) is 0 Å².